The number of nitrogens with zero attached hydrogens (tertiary/aromatic N) is 3. The smallest absolute Gasteiger partial charge is 0.224 e. The summed E-state index contributed by atoms with van der Waals surface area (Å²) in [5.74, 6) is 1.10. The van der Waals surface area contributed by atoms with E-state index in [-0.39, 0.29) is 0 Å². The van der Waals surface area contributed by atoms with E-state index < -0.39 is 0 Å². The highest BCUT2D eigenvalue weighted by Gasteiger charge is 2.35. The van der Waals surface area contributed by atoms with Crippen molar-refractivity contribution in [3.05, 3.63) is 17.5 Å². The molecule has 2 heterocycles. The van der Waals surface area contributed by atoms with E-state index in [0.717, 1.165) is 23.9 Å². The monoisotopic (exact) mass is 289 g/mol. The van der Waals surface area contributed by atoms with Gasteiger partial charge in [0.15, 0.2) is 0 Å². The Labute approximate surface area is 127 Å². The zero-order chi connectivity index (χ0) is 14.8. The maximum absolute atomic E-state index is 12.6. The fraction of sp³-hybridized carbons (Fsp3) is 0.765. The Kier molecular flexibility index (Phi) is 4.32. The second kappa shape index (κ2) is 6.20. The molecular formula is C17H27N3O. The van der Waals surface area contributed by atoms with Crippen LogP contribution in [0.15, 0.2) is 6.07 Å². The highest BCUT2D eigenvalue weighted by molar-refractivity contribution is 5.76. The molecule has 4 nitrogen and oxygen atoms in total. The number of hydrogen-bond donors (Lipinski definition) is 0. The number of carbonyl (C=O) groups is 1. The fourth-order valence-corrected chi connectivity index (χ4v) is 4.18. The van der Waals surface area contributed by atoms with E-state index in [4.69, 9.17) is 0 Å². The third-order valence-electron chi connectivity index (χ3n) is 5.20. The third kappa shape index (κ3) is 3.14. The van der Waals surface area contributed by atoms with Crippen LogP contribution in [0.25, 0.3) is 0 Å². The van der Waals surface area contributed by atoms with E-state index in [1.807, 2.05) is 11.6 Å². The van der Waals surface area contributed by atoms with Crippen molar-refractivity contribution in [2.24, 2.45) is 5.92 Å². The molecule has 1 saturated carbocycles. The van der Waals surface area contributed by atoms with Gasteiger partial charge < -0.3 is 4.90 Å². The summed E-state index contributed by atoms with van der Waals surface area (Å²) in [6, 6.07) is 2.60. The lowest BCUT2D eigenvalue weighted by Gasteiger charge is -2.44. The van der Waals surface area contributed by atoms with Gasteiger partial charge in [-0.3, -0.25) is 9.48 Å². The number of carbonyl (C=O) groups excluding carboxylic acids is 1. The van der Waals surface area contributed by atoms with Gasteiger partial charge in [-0.2, -0.15) is 5.10 Å². The molecule has 2 unspecified atom stereocenters. The predicted octanol–water partition coefficient (Wildman–Crippen LogP) is 3.07. The van der Waals surface area contributed by atoms with Crippen molar-refractivity contribution in [1.29, 1.82) is 0 Å². The largest absolute Gasteiger partial charge is 0.339 e. The van der Waals surface area contributed by atoms with Gasteiger partial charge in [0.2, 0.25) is 5.91 Å². The molecule has 1 aliphatic heterocycles. The lowest BCUT2D eigenvalue weighted by Crippen LogP contribution is -2.49. The van der Waals surface area contributed by atoms with Crippen LogP contribution in [0.4, 0.5) is 0 Å². The molecule has 2 aliphatic rings. The molecule has 0 N–H and O–H groups in total. The van der Waals surface area contributed by atoms with E-state index in [0.29, 0.717) is 24.9 Å². The van der Waals surface area contributed by atoms with Gasteiger partial charge in [0.25, 0.3) is 0 Å². The van der Waals surface area contributed by atoms with E-state index in [9.17, 15) is 4.79 Å². The highest BCUT2D eigenvalue weighted by Crippen LogP contribution is 2.35. The number of rotatable bonds is 3. The van der Waals surface area contributed by atoms with Crippen molar-refractivity contribution >= 4 is 5.91 Å². The molecule has 1 aromatic heterocycles. The summed E-state index contributed by atoms with van der Waals surface area (Å²) in [5, 5.41) is 4.45. The number of piperidine rings is 1. The molecule has 0 radical (unpaired) electrons. The number of hydrogen-bond acceptors (Lipinski definition) is 2. The van der Waals surface area contributed by atoms with Gasteiger partial charge in [0, 0.05) is 31.2 Å². The first-order valence-electron chi connectivity index (χ1n) is 8.45. The molecule has 3 rings (SSSR count). The SMILES string of the molecule is Cc1cc(C)n(CCC(=O)N2CCCC3CCCCC32)n1. The van der Waals surface area contributed by atoms with Crippen LogP contribution < -0.4 is 0 Å². The summed E-state index contributed by atoms with van der Waals surface area (Å²) >= 11 is 0. The topological polar surface area (TPSA) is 38.1 Å². The Balaban J connectivity index is 1.60. The van der Waals surface area contributed by atoms with Crippen molar-refractivity contribution in [2.45, 2.75) is 71.4 Å². The Morgan fingerprint density at radius 1 is 1.24 bits per heavy atom. The molecular weight excluding hydrogens is 262 g/mol. The molecule has 1 amide bonds. The van der Waals surface area contributed by atoms with Crippen LogP contribution in [0.2, 0.25) is 0 Å². The minimum Gasteiger partial charge on any atom is -0.339 e. The minimum absolute atomic E-state index is 0.333. The molecule has 0 aromatic carbocycles. The van der Waals surface area contributed by atoms with Crippen LogP contribution in [-0.2, 0) is 11.3 Å². The van der Waals surface area contributed by atoms with Crippen LogP contribution in [0.3, 0.4) is 0 Å². The number of aromatic nitrogens is 2. The average molecular weight is 289 g/mol. The quantitative estimate of drug-likeness (QED) is 0.857. The molecule has 2 fully saturated rings. The molecule has 116 valence electrons. The normalized spacial score (nSPS) is 25.7. The Hall–Kier alpha value is -1.32. The summed E-state index contributed by atoms with van der Waals surface area (Å²) < 4.78 is 1.97. The van der Waals surface area contributed by atoms with Gasteiger partial charge in [-0.15, -0.1) is 0 Å². The molecule has 1 saturated heterocycles. The number of aryl methyl sites for hydroxylation is 3. The van der Waals surface area contributed by atoms with Crippen LogP contribution >= 0.6 is 0 Å². The second-order valence-electron chi connectivity index (χ2n) is 6.74. The highest BCUT2D eigenvalue weighted by atomic mass is 16.2. The van der Waals surface area contributed by atoms with Crippen LogP contribution in [0.1, 0.15) is 56.3 Å². The molecule has 0 bridgehead atoms. The van der Waals surface area contributed by atoms with Gasteiger partial charge in [-0.1, -0.05) is 12.8 Å². The van der Waals surface area contributed by atoms with E-state index in [2.05, 4.69) is 23.0 Å². The maximum Gasteiger partial charge on any atom is 0.224 e. The molecule has 2 atom stereocenters. The van der Waals surface area contributed by atoms with Crippen molar-refractivity contribution in [3.63, 3.8) is 0 Å². The number of likely N-dealkylation sites (tertiary alicyclic amines) is 1. The first-order valence-corrected chi connectivity index (χ1v) is 8.45. The predicted molar refractivity (Wildman–Crippen MR) is 83.0 cm³/mol. The maximum atomic E-state index is 12.6. The van der Waals surface area contributed by atoms with Gasteiger partial charge in [0.1, 0.15) is 0 Å². The van der Waals surface area contributed by atoms with Crippen molar-refractivity contribution in [3.8, 4) is 0 Å². The van der Waals surface area contributed by atoms with E-state index in [1.165, 1.54) is 38.5 Å². The lowest BCUT2D eigenvalue weighted by atomic mass is 9.78. The van der Waals surface area contributed by atoms with Crippen LogP contribution in [-0.4, -0.2) is 33.2 Å². The molecule has 1 aromatic rings. The zero-order valence-electron chi connectivity index (χ0n) is 13.3. The van der Waals surface area contributed by atoms with Crippen molar-refractivity contribution in [2.75, 3.05) is 6.54 Å². The Morgan fingerprint density at radius 3 is 2.76 bits per heavy atom. The fourth-order valence-electron chi connectivity index (χ4n) is 4.18. The second-order valence-corrected chi connectivity index (χ2v) is 6.74. The van der Waals surface area contributed by atoms with E-state index >= 15 is 0 Å². The average Bonchev–Trinajstić information content (AvgIpc) is 2.82. The van der Waals surface area contributed by atoms with Gasteiger partial charge in [-0.05, 0) is 51.5 Å². The Morgan fingerprint density at radius 2 is 2.00 bits per heavy atom. The molecule has 1 aliphatic carbocycles. The summed E-state index contributed by atoms with van der Waals surface area (Å²) in [6.07, 6.45) is 8.30. The summed E-state index contributed by atoms with van der Waals surface area (Å²) in [4.78, 5) is 14.8. The summed E-state index contributed by atoms with van der Waals surface area (Å²) in [7, 11) is 0. The van der Waals surface area contributed by atoms with Crippen molar-refractivity contribution in [1.82, 2.24) is 14.7 Å². The zero-order valence-corrected chi connectivity index (χ0v) is 13.3. The van der Waals surface area contributed by atoms with Crippen LogP contribution in [0.5, 0.6) is 0 Å². The first-order chi connectivity index (χ1) is 10.1. The third-order valence-corrected chi connectivity index (χ3v) is 5.20. The van der Waals surface area contributed by atoms with E-state index in [1.54, 1.807) is 0 Å². The summed E-state index contributed by atoms with van der Waals surface area (Å²) in [6.45, 7) is 5.74. The van der Waals surface area contributed by atoms with Crippen LogP contribution in [0, 0.1) is 19.8 Å². The molecule has 4 heteroatoms. The first kappa shape index (κ1) is 14.6. The summed E-state index contributed by atoms with van der Waals surface area (Å²) in [5.41, 5.74) is 2.18. The number of fused-ring (bicyclic) bond motifs is 1. The number of amides is 1. The van der Waals surface area contributed by atoms with Crippen molar-refractivity contribution < 1.29 is 4.79 Å². The Bertz CT molecular complexity index is 506. The van der Waals surface area contributed by atoms with Gasteiger partial charge in [-0.25, -0.2) is 0 Å². The minimum atomic E-state index is 0.333. The van der Waals surface area contributed by atoms with Gasteiger partial charge >= 0.3 is 0 Å². The molecule has 21 heavy (non-hydrogen) atoms. The molecule has 0 spiro atoms. The van der Waals surface area contributed by atoms with Gasteiger partial charge in [0.05, 0.1) is 5.69 Å². The standard InChI is InChI=1S/C17H27N3O/c1-13-12-14(2)20(18-13)11-9-17(21)19-10-5-7-15-6-3-4-8-16(15)19/h12,15-16H,3-11H2,1-2H3. The lowest BCUT2D eigenvalue weighted by molar-refractivity contribution is -0.137.